The highest BCUT2D eigenvalue weighted by Gasteiger charge is 2.30. The molecule has 132 valence electrons. The Morgan fingerprint density at radius 3 is 2.08 bits per heavy atom. The van der Waals surface area contributed by atoms with E-state index >= 15 is 0 Å². The molecule has 1 heterocycles. The molecule has 0 saturated heterocycles. The molecule has 0 saturated carbocycles. The highest BCUT2D eigenvalue weighted by atomic mass is 16.5. The first kappa shape index (κ1) is 17.0. The zero-order valence-corrected chi connectivity index (χ0v) is 14.6. The quantitative estimate of drug-likeness (QED) is 0.777. The Bertz CT molecular complexity index is 799. The van der Waals surface area contributed by atoms with E-state index in [1.165, 1.54) is 0 Å². The number of fused-ring (bicyclic) bond motifs is 1. The molecule has 6 nitrogen and oxygen atoms in total. The molecule has 2 aromatic carbocycles. The summed E-state index contributed by atoms with van der Waals surface area (Å²) in [6, 6.07) is 9.12. The maximum absolute atomic E-state index is 12.1. The fourth-order valence-electron chi connectivity index (χ4n) is 2.99. The summed E-state index contributed by atoms with van der Waals surface area (Å²) in [6.45, 7) is 0. The first-order chi connectivity index (χ1) is 12.1. The molecule has 0 amide bonds. The van der Waals surface area contributed by atoms with Crippen molar-refractivity contribution in [3.8, 4) is 23.0 Å². The molecule has 0 unspecified atom stereocenters. The largest absolute Gasteiger partial charge is 0.493 e. The number of esters is 1. The van der Waals surface area contributed by atoms with Gasteiger partial charge in [0.1, 0.15) is 0 Å². The highest BCUT2D eigenvalue weighted by Crippen LogP contribution is 2.41. The Labute approximate surface area is 146 Å². The predicted molar refractivity (Wildman–Crippen MR) is 90.7 cm³/mol. The van der Waals surface area contributed by atoms with E-state index < -0.39 is 6.10 Å². The Balaban J connectivity index is 2.11. The van der Waals surface area contributed by atoms with E-state index in [0.29, 0.717) is 23.0 Å². The number of ether oxygens (including phenoxy) is 5. The summed E-state index contributed by atoms with van der Waals surface area (Å²) in [5.41, 5.74) is 2.51. The van der Waals surface area contributed by atoms with Gasteiger partial charge in [0, 0.05) is 11.1 Å². The third-order valence-corrected chi connectivity index (χ3v) is 4.22. The number of hydrogen-bond donors (Lipinski definition) is 0. The number of rotatable bonds is 5. The van der Waals surface area contributed by atoms with Crippen LogP contribution in [0.15, 0.2) is 30.3 Å². The monoisotopic (exact) mass is 344 g/mol. The normalized spacial score (nSPS) is 15.8. The average Bonchev–Trinajstić information content (AvgIpc) is 2.65. The summed E-state index contributed by atoms with van der Waals surface area (Å²) in [4.78, 5) is 12.1. The number of carbonyl (C=O) groups excluding carboxylic acids is 1. The van der Waals surface area contributed by atoms with Crippen molar-refractivity contribution in [3.63, 3.8) is 0 Å². The second-order valence-electron chi connectivity index (χ2n) is 5.57. The van der Waals surface area contributed by atoms with Crippen LogP contribution in [0, 0.1) is 0 Å². The van der Waals surface area contributed by atoms with Crippen molar-refractivity contribution in [1.82, 2.24) is 0 Å². The third kappa shape index (κ3) is 3.07. The van der Waals surface area contributed by atoms with Gasteiger partial charge in [-0.1, -0.05) is 6.07 Å². The molecule has 6 heteroatoms. The third-order valence-electron chi connectivity index (χ3n) is 4.22. The first-order valence-electron chi connectivity index (χ1n) is 7.77. The average molecular weight is 344 g/mol. The summed E-state index contributed by atoms with van der Waals surface area (Å²) in [5, 5.41) is 0. The molecule has 0 N–H and O–H groups in total. The molecular formula is C19H20O6. The van der Waals surface area contributed by atoms with E-state index in [4.69, 9.17) is 23.7 Å². The smallest absolute Gasteiger partial charge is 0.311 e. The minimum Gasteiger partial charge on any atom is -0.493 e. The predicted octanol–water partition coefficient (Wildman–Crippen LogP) is 2.91. The van der Waals surface area contributed by atoms with Crippen LogP contribution >= 0.6 is 0 Å². The lowest BCUT2D eigenvalue weighted by atomic mass is 9.92. The van der Waals surface area contributed by atoms with Crippen molar-refractivity contribution >= 4 is 5.97 Å². The Hall–Kier alpha value is -2.89. The zero-order chi connectivity index (χ0) is 18.0. The molecule has 2 aromatic rings. The fraction of sp³-hybridized carbons (Fsp3) is 0.316. The summed E-state index contributed by atoms with van der Waals surface area (Å²) in [6.07, 6.45) is -0.352. The van der Waals surface area contributed by atoms with Gasteiger partial charge in [-0.2, -0.15) is 0 Å². The van der Waals surface area contributed by atoms with Crippen molar-refractivity contribution in [2.45, 2.75) is 12.5 Å². The van der Waals surface area contributed by atoms with Crippen molar-refractivity contribution in [3.05, 3.63) is 47.0 Å². The molecule has 0 fully saturated rings. The summed E-state index contributed by atoms with van der Waals surface area (Å²) < 4.78 is 26.9. The summed E-state index contributed by atoms with van der Waals surface area (Å²) in [7, 11) is 6.28. The molecule has 0 spiro atoms. The van der Waals surface area contributed by atoms with Gasteiger partial charge in [-0.25, -0.2) is 0 Å². The van der Waals surface area contributed by atoms with Crippen LogP contribution < -0.4 is 18.9 Å². The van der Waals surface area contributed by atoms with Gasteiger partial charge in [0.15, 0.2) is 29.1 Å². The fourth-order valence-corrected chi connectivity index (χ4v) is 2.99. The number of cyclic esters (lactones) is 1. The zero-order valence-electron chi connectivity index (χ0n) is 14.6. The maximum atomic E-state index is 12.1. The van der Waals surface area contributed by atoms with E-state index in [9.17, 15) is 4.79 Å². The lowest BCUT2D eigenvalue weighted by molar-refractivity contribution is -0.148. The van der Waals surface area contributed by atoms with Gasteiger partial charge in [0.25, 0.3) is 0 Å². The van der Waals surface area contributed by atoms with Crippen molar-refractivity contribution < 1.29 is 28.5 Å². The maximum Gasteiger partial charge on any atom is 0.311 e. The minimum atomic E-state index is -0.545. The molecule has 0 bridgehead atoms. The lowest BCUT2D eigenvalue weighted by Gasteiger charge is -2.27. The second kappa shape index (κ2) is 6.93. The Kier molecular flexibility index (Phi) is 4.70. The number of hydrogen-bond acceptors (Lipinski definition) is 6. The molecule has 0 aromatic heterocycles. The van der Waals surface area contributed by atoms with Crippen LogP contribution in [0.3, 0.4) is 0 Å². The molecule has 0 aliphatic carbocycles. The van der Waals surface area contributed by atoms with E-state index in [-0.39, 0.29) is 12.4 Å². The highest BCUT2D eigenvalue weighted by molar-refractivity contribution is 5.77. The van der Waals surface area contributed by atoms with Crippen LogP contribution in [-0.2, 0) is 16.0 Å². The molecule has 25 heavy (non-hydrogen) atoms. The minimum absolute atomic E-state index is 0.194. The standard InChI is InChI=1S/C19H20O6/c1-21-14-6-5-11(7-15(14)22-2)19-13-10-17(24-4)16(23-3)8-12(13)9-18(20)25-19/h5-8,10,19H,9H2,1-4H3/t19-/m1/s1. The van der Waals surface area contributed by atoms with Crippen molar-refractivity contribution in [2.24, 2.45) is 0 Å². The SMILES string of the molecule is COc1ccc([C@H]2OC(=O)Cc3cc(OC)c(OC)cc32)cc1OC. The van der Waals surface area contributed by atoms with Gasteiger partial charge >= 0.3 is 5.97 Å². The Morgan fingerprint density at radius 1 is 0.840 bits per heavy atom. The van der Waals surface area contributed by atoms with E-state index in [1.54, 1.807) is 34.5 Å². The van der Waals surface area contributed by atoms with Crippen molar-refractivity contribution in [2.75, 3.05) is 28.4 Å². The van der Waals surface area contributed by atoms with E-state index in [1.807, 2.05) is 24.3 Å². The molecular weight excluding hydrogens is 324 g/mol. The number of benzene rings is 2. The van der Waals surface area contributed by atoms with Gasteiger partial charge in [0.2, 0.25) is 0 Å². The van der Waals surface area contributed by atoms with Gasteiger partial charge in [-0.15, -0.1) is 0 Å². The van der Waals surface area contributed by atoms with Gasteiger partial charge < -0.3 is 23.7 Å². The first-order valence-corrected chi connectivity index (χ1v) is 7.77. The number of methoxy groups -OCH3 is 4. The van der Waals surface area contributed by atoms with Crippen molar-refractivity contribution in [1.29, 1.82) is 0 Å². The molecule has 3 rings (SSSR count). The van der Waals surface area contributed by atoms with E-state index in [0.717, 1.165) is 16.7 Å². The topological polar surface area (TPSA) is 63.2 Å². The van der Waals surface area contributed by atoms with Gasteiger partial charge in [-0.05, 0) is 29.8 Å². The van der Waals surface area contributed by atoms with Crippen LogP contribution in [0.1, 0.15) is 22.8 Å². The van der Waals surface area contributed by atoms with Crippen LogP contribution in [0.4, 0.5) is 0 Å². The molecule has 0 radical (unpaired) electrons. The van der Waals surface area contributed by atoms with Crippen LogP contribution in [0.2, 0.25) is 0 Å². The summed E-state index contributed by atoms with van der Waals surface area (Å²) >= 11 is 0. The lowest BCUT2D eigenvalue weighted by Crippen LogP contribution is -2.22. The van der Waals surface area contributed by atoms with E-state index in [2.05, 4.69) is 0 Å². The van der Waals surface area contributed by atoms with Crippen LogP contribution in [0.25, 0.3) is 0 Å². The van der Waals surface area contributed by atoms with Gasteiger partial charge in [0.05, 0.1) is 34.9 Å². The molecule has 1 atom stereocenters. The summed E-state index contributed by atoms with van der Waals surface area (Å²) in [5.74, 6) is 2.07. The Morgan fingerprint density at radius 2 is 1.44 bits per heavy atom. The molecule has 1 aliphatic heterocycles. The van der Waals surface area contributed by atoms with Crippen LogP contribution in [-0.4, -0.2) is 34.4 Å². The van der Waals surface area contributed by atoms with Gasteiger partial charge in [-0.3, -0.25) is 4.79 Å². The van der Waals surface area contributed by atoms with Crippen LogP contribution in [0.5, 0.6) is 23.0 Å². The molecule has 1 aliphatic rings. The number of carbonyl (C=O) groups is 1. The second-order valence-corrected chi connectivity index (χ2v) is 5.57.